The third-order valence-corrected chi connectivity index (χ3v) is 3.63. The van der Waals surface area contributed by atoms with Crippen LogP contribution >= 0.6 is 15.9 Å². The third-order valence-electron chi connectivity index (χ3n) is 3.01. The van der Waals surface area contributed by atoms with E-state index in [9.17, 15) is 5.11 Å². The smallest absolute Gasteiger partial charge is 0.133 e. The van der Waals surface area contributed by atoms with Gasteiger partial charge in [0.25, 0.3) is 0 Å². The maximum absolute atomic E-state index is 10.2. The fourth-order valence-electron chi connectivity index (χ4n) is 2.05. The molecule has 1 aromatic carbocycles. The van der Waals surface area contributed by atoms with Crippen LogP contribution in [0.4, 0.5) is 0 Å². The van der Waals surface area contributed by atoms with Crippen molar-refractivity contribution in [2.24, 2.45) is 5.92 Å². The molecule has 0 bridgehead atoms. The maximum Gasteiger partial charge on any atom is 0.133 e. The predicted octanol–water partition coefficient (Wildman–Crippen LogP) is 2.92. The van der Waals surface area contributed by atoms with E-state index in [-0.39, 0.29) is 5.92 Å². The van der Waals surface area contributed by atoms with Gasteiger partial charge in [-0.15, -0.1) is 0 Å². The zero-order valence-electron chi connectivity index (χ0n) is 9.86. The number of aliphatic hydroxyl groups is 1. The largest absolute Gasteiger partial charge is 0.493 e. The minimum atomic E-state index is -0.454. The Morgan fingerprint density at radius 3 is 3.00 bits per heavy atom. The fourth-order valence-corrected chi connectivity index (χ4v) is 2.56. The van der Waals surface area contributed by atoms with Crippen LogP contribution in [0, 0.1) is 5.92 Å². The van der Waals surface area contributed by atoms with Gasteiger partial charge in [-0.2, -0.15) is 0 Å². The molecule has 1 N–H and O–H groups in total. The molecule has 1 aromatic rings. The van der Waals surface area contributed by atoms with Crippen molar-refractivity contribution in [3.05, 3.63) is 28.2 Å². The maximum atomic E-state index is 10.2. The molecule has 2 rings (SSSR count). The normalized spacial score (nSPS) is 21.5. The Balaban J connectivity index is 2.12. The number of hydrogen-bond donors (Lipinski definition) is 1. The van der Waals surface area contributed by atoms with Crippen LogP contribution in [0.15, 0.2) is 22.7 Å². The summed E-state index contributed by atoms with van der Waals surface area (Å²) in [6, 6.07) is 5.73. The summed E-state index contributed by atoms with van der Waals surface area (Å²) >= 11 is 3.46. The number of benzene rings is 1. The Labute approximate surface area is 110 Å². The molecule has 94 valence electrons. The van der Waals surface area contributed by atoms with Gasteiger partial charge < -0.3 is 14.6 Å². The van der Waals surface area contributed by atoms with Gasteiger partial charge in [0, 0.05) is 12.5 Å². The van der Waals surface area contributed by atoms with Crippen molar-refractivity contribution in [1.82, 2.24) is 0 Å². The number of halogens is 1. The first-order valence-corrected chi connectivity index (χ1v) is 6.69. The molecule has 1 aliphatic heterocycles. The van der Waals surface area contributed by atoms with E-state index in [0.29, 0.717) is 13.2 Å². The van der Waals surface area contributed by atoms with E-state index in [4.69, 9.17) is 9.47 Å². The lowest BCUT2D eigenvalue weighted by molar-refractivity contribution is 0.0917. The van der Waals surface area contributed by atoms with Crippen molar-refractivity contribution < 1.29 is 14.6 Å². The van der Waals surface area contributed by atoms with E-state index in [0.717, 1.165) is 28.8 Å². The van der Waals surface area contributed by atoms with Crippen LogP contribution in [0.2, 0.25) is 0 Å². The molecular weight excluding hydrogens is 284 g/mol. The highest BCUT2D eigenvalue weighted by molar-refractivity contribution is 9.10. The second-order valence-corrected chi connectivity index (χ2v) is 5.05. The molecule has 1 heterocycles. The van der Waals surface area contributed by atoms with Gasteiger partial charge in [0.15, 0.2) is 0 Å². The Morgan fingerprint density at radius 1 is 1.59 bits per heavy atom. The molecule has 0 aliphatic carbocycles. The first kappa shape index (κ1) is 12.9. The van der Waals surface area contributed by atoms with E-state index in [1.165, 1.54) is 0 Å². The number of rotatable bonds is 4. The van der Waals surface area contributed by atoms with E-state index >= 15 is 0 Å². The molecule has 2 atom stereocenters. The molecule has 4 heteroatoms. The Bertz CT molecular complexity index is 375. The van der Waals surface area contributed by atoms with Gasteiger partial charge >= 0.3 is 0 Å². The van der Waals surface area contributed by atoms with Crippen LogP contribution in [0.5, 0.6) is 5.75 Å². The summed E-state index contributed by atoms with van der Waals surface area (Å²) in [6.07, 6.45) is 0.468. The average molecular weight is 301 g/mol. The fraction of sp³-hybridized carbons (Fsp3) is 0.538. The monoisotopic (exact) mass is 300 g/mol. The topological polar surface area (TPSA) is 38.7 Å². The summed E-state index contributed by atoms with van der Waals surface area (Å²) in [4.78, 5) is 0. The molecule has 1 aliphatic rings. The average Bonchev–Trinajstić information content (AvgIpc) is 2.84. The summed E-state index contributed by atoms with van der Waals surface area (Å²) in [7, 11) is 0. The summed E-state index contributed by atoms with van der Waals surface area (Å²) in [5.74, 6) is 1.02. The van der Waals surface area contributed by atoms with E-state index in [1.54, 1.807) is 0 Å². The molecule has 3 nitrogen and oxygen atoms in total. The van der Waals surface area contributed by atoms with Crippen LogP contribution in [0.25, 0.3) is 0 Å². The van der Waals surface area contributed by atoms with Gasteiger partial charge in [-0.25, -0.2) is 0 Å². The van der Waals surface area contributed by atoms with Gasteiger partial charge in [0.2, 0.25) is 0 Å². The summed E-state index contributed by atoms with van der Waals surface area (Å²) < 4.78 is 11.6. The molecule has 0 radical (unpaired) electrons. The highest BCUT2D eigenvalue weighted by Gasteiger charge is 2.25. The molecule has 1 saturated heterocycles. The standard InChI is InChI=1S/C13H17BrO3/c1-2-17-12-4-3-9(7-11(12)14)13(15)10-5-6-16-8-10/h3-4,7,10,13,15H,2,5-6,8H2,1H3. The van der Waals surface area contributed by atoms with Gasteiger partial charge in [-0.05, 0) is 47.0 Å². The number of hydrogen-bond acceptors (Lipinski definition) is 3. The van der Waals surface area contributed by atoms with Gasteiger partial charge in [0.05, 0.1) is 23.8 Å². The first-order chi connectivity index (χ1) is 8.22. The lowest BCUT2D eigenvalue weighted by Gasteiger charge is -2.17. The van der Waals surface area contributed by atoms with Crippen molar-refractivity contribution in [3.63, 3.8) is 0 Å². The third kappa shape index (κ3) is 3.00. The van der Waals surface area contributed by atoms with Gasteiger partial charge in [0.1, 0.15) is 5.75 Å². The van der Waals surface area contributed by atoms with Crippen LogP contribution in [0.1, 0.15) is 25.0 Å². The van der Waals surface area contributed by atoms with Crippen molar-refractivity contribution in [2.75, 3.05) is 19.8 Å². The van der Waals surface area contributed by atoms with E-state index in [1.807, 2.05) is 25.1 Å². The van der Waals surface area contributed by atoms with E-state index in [2.05, 4.69) is 15.9 Å². The minimum absolute atomic E-state index is 0.208. The summed E-state index contributed by atoms with van der Waals surface area (Å²) in [5.41, 5.74) is 0.913. The molecule has 17 heavy (non-hydrogen) atoms. The van der Waals surface area contributed by atoms with Crippen LogP contribution < -0.4 is 4.74 Å². The molecular formula is C13H17BrO3. The molecule has 0 amide bonds. The van der Waals surface area contributed by atoms with Gasteiger partial charge in [-0.3, -0.25) is 0 Å². The summed E-state index contributed by atoms with van der Waals surface area (Å²) in [5, 5.41) is 10.2. The highest BCUT2D eigenvalue weighted by Crippen LogP contribution is 2.33. The highest BCUT2D eigenvalue weighted by atomic mass is 79.9. The molecule has 2 unspecified atom stereocenters. The SMILES string of the molecule is CCOc1ccc(C(O)C2CCOC2)cc1Br. The Hall–Kier alpha value is -0.580. The molecule has 1 fully saturated rings. The quantitative estimate of drug-likeness (QED) is 0.929. The van der Waals surface area contributed by atoms with Crippen LogP contribution in [0.3, 0.4) is 0 Å². The van der Waals surface area contributed by atoms with Crippen molar-refractivity contribution in [2.45, 2.75) is 19.4 Å². The molecule has 0 saturated carbocycles. The lowest BCUT2D eigenvalue weighted by atomic mass is 9.95. The van der Waals surface area contributed by atoms with Crippen molar-refractivity contribution in [3.8, 4) is 5.75 Å². The zero-order chi connectivity index (χ0) is 12.3. The minimum Gasteiger partial charge on any atom is -0.493 e. The second-order valence-electron chi connectivity index (χ2n) is 4.19. The Kier molecular flexibility index (Phi) is 4.42. The second kappa shape index (κ2) is 5.85. The van der Waals surface area contributed by atoms with E-state index < -0.39 is 6.10 Å². The molecule has 0 aromatic heterocycles. The first-order valence-electron chi connectivity index (χ1n) is 5.90. The Morgan fingerprint density at radius 2 is 2.41 bits per heavy atom. The summed E-state index contributed by atoms with van der Waals surface area (Å²) in [6.45, 7) is 3.98. The number of ether oxygens (including phenoxy) is 2. The van der Waals surface area contributed by atoms with Crippen LogP contribution in [-0.2, 0) is 4.74 Å². The van der Waals surface area contributed by atoms with Crippen LogP contribution in [-0.4, -0.2) is 24.9 Å². The molecule has 0 spiro atoms. The van der Waals surface area contributed by atoms with Crippen molar-refractivity contribution >= 4 is 15.9 Å². The lowest BCUT2D eigenvalue weighted by Crippen LogP contribution is -2.12. The van der Waals surface area contributed by atoms with Gasteiger partial charge in [-0.1, -0.05) is 6.07 Å². The van der Waals surface area contributed by atoms with Crippen molar-refractivity contribution in [1.29, 1.82) is 0 Å². The number of aliphatic hydroxyl groups excluding tert-OH is 1. The predicted molar refractivity (Wildman–Crippen MR) is 69.2 cm³/mol. The zero-order valence-corrected chi connectivity index (χ0v) is 11.4.